The molecule has 4 heteroatoms. The largest absolute Gasteiger partial charge is 0.335 e. The third-order valence-electron chi connectivity index (χ3n) is 2.86. The van der Waals surface area contributed by atoms with Crippen LogP contribution in [-0.2, 0) is 0 Å². The smallest absolute Gasteiger partial charge is 0.161 e. The molecule has 0 aromatic heterocycles. The topological polar surface area (TPSA) is 24.4 Å². The van der Waals surface area contributed by atoms with Crippen LogP contribution in [0.4, 0.5) is 10.1 Å². The Hall–Kier alpha value is -1.03. The number of thioether (sulfide) groups is 1. The molecule has 0 amide bonds. The van der Waals surface area contributed by atoms with E-state index in [-0.39, 0.29) is 5.82 Å². The van der Waals surface area contributed by atoms with Gasteiger partial charge in [0.2, 0.25) is 0 Å². The van der Waals surface area contributed by atoms with Crippen molar-refractivity contribution < 1.29 is 4.39 Å². The van der Waals surface area contributed by atoms with E-state index >= 15 is 0 Å². The third kappa shape index (κ3) is 3.00. The summed E-state index contributed by atoms with van der Waals surface area (Å²) in [5.41, 5.74) is 1.84. The van der Waals surface area contributed by atoms with Crippen LogP contribution in [0.25, 0.3) is 0 Å². The maximum Gasteiger partial charge on any atom is 0.161 e. The molecular weight excluding hydrogens is 235 g/mol. The number of nitrogens with one attached hydrogen (secondary N) is 1. The maximum atomic E-state index is 13.1. The van der Waals surface area contributed by atoms with E-state index in [0.29, 0.717) is 11.2 Å². The van der Waals surface area contributed by atoms with Crippen molar-refractivity contribution in [2.45, 2.75) is 26.0 Å². The lowest BCUT2D eigenvalue weighted by Gasteiger charge is -2.13. The van der Waals surface area contributed by atoms with E-state index in [4.69, 9.17) is 0 Å². The molecular formula is C13H17FN2S. The van der Waals surface area contributed by atoms with Gasteiger partial charge in [-0.25, -0.2) is 4.39 Å². The van der Waals surface area contributed by atoms with Gasteiger partial charge in [-0.1, -0.05) is 31.7 Å². The molecule has 2 rings (SSSR count). The van der Waals surface area contributed by atoms with Gasteiger partial charge in [0, 0.05) is 10.9 Å². The summed E-state index contributed by atoms with van der Waals surface area (Å²) >= 11 is 1.74. The van der Waals surface area contributed by atoms with E-state index in [1.807, 2.05) is 6.92 Å². The van der Waals surface area contributed by atoms with Crippen molar-refractivity contribution in [3.8, 4) is 0 Å². The minimum absolute atomic E-state index is 0.220. The highest BCUT2D eigenvalue weighted by molar-refractivity contribution is 8.15. The number of hydrogen-bond donors (Lipinski definition) is 1. The average molecular weight is 252 g/mol. The van der Waals surface area contributed by atoms with Gasteiger partial charge >= 0.3 is 0 Å². The quantitative estimate of drug-likeness (QED) is 0.868. The third-order valence-corrected chi connectivity index (χ3v) is 4.31. The van der Waals surface area contributed by atoms with Crippen molar-refractivity contribution in [3.63, 3.8) is 0 Å². The number of nitrogens with zero attached hydrogens (tertiary/aromatic N) is 1. The van der Waals surface area contributed by atoms with Crippen LogP contribution in [0, 0.1) is 18.7 Å². The van der Waals surface area contributed by atoms with Gasteiger partial charge in [0.15, 0.2) is 5.17 Å². The van der Waals surface area contributed by atoms with E-state index in [2.05, 4.69) is 24.2 Å². The molecule has 0 saturated carbocycles. The Labute approximate surface area is 106 Å². The summed E-state index contributed by atoms with van der Waals surface area (Å²) < 4.78 is 13.1. The van der Waals surface area contributed by atoms with Gasteiger partial charge in [0.05, 0.1) is 6.54 Å². The standard InChI is InChI=1S/C13H17FN2S/c1-8(2)12-7-15-13(17-12)16-11-6-10(14)5-4-9(11)3/h4-6,8,12H,7H2,1-3H3,(H,15,16). The lowest BCUT2D eigenvalue weighted by Crippen LogP contribution is -2.13. The number of anilines is 1. The number of amidine groups is 1. The second kappa shape index (κ2) is 5.08. The molecule has 0 radical (unpaired) electrons. The van der Waals surface area contributed by atoms with Gasteiger partial charge in [-0.15, -0.1) is 0 Å². The fourth-order valence-electron chi connectivity index (χ4n) is 1.65. The van der Waals surface area contributed by atoms with Crippen LogP contribution in [-0.4, -0.2) is 17.0 Å². The molecule has 1 aliphatic heterocycles. The second-order valence-electron chi connectivity index (χ2n) is 4.63. The van der Waals surface area contributed by atoms with Gasteiger partial charge in [0.25, 0.3) is 0 Å². The van der Waals surface area contributed by atoms with Crippen LogP contribution >= 0.6 is 11.8 Å². The Morgan fingerprint density at radius 2 is 2.24 bits per heavy atom. The molecule has 17 heavy (non-hydrogen) atoms. The first kappa shape index (κ1) is 12.4. The fraction of sp³-hybridized carbons (Fsp3) is 0.462. The molecule has 1 aromatic carbocycles. The first-order valence-electron chi connectivity index (χ1n) is 5.80. The summed E-state index contributed by atoms with van der Waals surface area (Å²) in [6.45, 7) is 7.20. The summed E-state index contributed by atoms with van der Waals surface area (Å²) in [7, 11) is 0. The number of halogens is 1. The summed E-state index contributed by atoms with van der Waals surface area (Å²) in [5, 5.41) is 4.64. The van der Waals surface area contributed by atoms with Crippen LogP contribution in [0.3, 0.4) is 0 Å². The summed E-state index contributed by atoms with van der Waals surface area (Å²) in [4.78, 5) is 4.45. The molecule has 2 nitrogen and oxygen atoms in total. The van der Waals surface area contributed by atoms with Crippen molar-refractivity contribution in [2.24, 2.45) is 10.9 Å². The minimum Gasteiger partial charge on any atom is -0.335 e. The molecule has 1 heterocycles. The van der Waals surface area contributed by atoms with E-state index in [0.717, 1.165) is 23.0 Å². The maximum absolute atomic E-state index is 13.1. The molecule has 1 atom stereocenters. The second-order valence-corrected chi connectivity index (χ2v) is 5.86. The molecule has 0 fully saturated rings. The van der Waals surface area contributed by atoms with Crippen LogP contribution < -0.4 is 5.32 Å². The molecule has 92 valence electrons. The highest BCUT2D eigenvalue weighted by Gasteiger charge is 2.22. The molecule has 1 N–H and O–H groups in total. The van der Waals surface area contributed by atoms with Crippen molar-refractivity contribution in [3.05, 3.63) is 29.6 Å². The van der Waals surface area contributed by atoms with E-state index in [9.17, 15) is 4.39 Å². The molecule has 0 bridgehead atoms. The first-order valence-corrected chi connectivity index (χ1v) is 6.68. The molecule has 0 aliphatic carbocycles. The van der Waals surface area contributed by atoms with Crippen molar-refractivity contribution >= 4 is 22.6 Å². The lowest BCUT2D eigenvalue weighted by molar-refractivity contribution is 0.621. The number of rotatable bonds is 2. The van der Waals surface area contributed by atoms with Gasteiger partial charge in [-0.05, 0) is 30.5 Å². The van der Waals surface area contributed by atoms with Gasteiger partial charge in [-0.2, -0.15) is 0 Å². The molecule has 1 unspecified atom stereocenters. The van der Waals surface area contributed by atoms with Gasteiger partial charge in [-0.3, -0.25) is 4.99 Å². The number of benzene rings is 1. The average Bonchev–Trinajstić information content (AvgIpc) is 2.72. The predicted octanol–water partition coefficient (Wildman–Crippen LogP) is 3.67. The first-order chi connectivity index (χ1) is 8.06. The Morgan fingerprint density at radius 3 is 2.88 bits per heavy atom. The SMILES string of the molecule is Cc1ccc(F)cc1NC1=NCC(C(C)C)S1. The Kier molecular flexibility index (Phi) is 3.72. The van der Waals surface area contributed by atoms with E-state index < -0.39 is 0 Å². The number of aryl methyl sites for hydroxylation is 1. The Bertz CT molecular complexity index is 443. The summed E-state index contributed by atoms with van der Waals surface area (Å²) in [6.07, 6.45) is 0. The van der Waals surface area contributed by atoms with Gasteiger partial charge < -0.3 is 5.32 Å². The molecule has 0 spiro atoms. The normalized spacial score (nSPS) is 19.6. The molecule has 0 saturated heterocycles. The summed E-state index contributed by atoms with van der Waals surface area (Å²) in [5.74, 6) is 0.388. The number of aliphatic imine (C=N–C) groups is 1. The van der Waals surface area contributed by atoms with Crippen LogP contribution in [0.5, 0.6) is 0 Å². The zero-order valence-corrected chi connectivity index (χ0v) is 11.1. The van der Waals surface area contributed by atoms with Crippen LogP contribution in [0.1, 0.15) is 19.4 Å². The zero-order chi connectivity index (χ0) is 12.4. The molecule has 1 aliphatic rings. The van der Waals surface area contributed by atoms with Crippen molar-refractivity contribution in [1.82, 2.24) is 0 Å². The van der Waals surface area contributed by atoms with Gasteiger partial charge in [0.1, 0.15) is 5.82 Å². The monoisotopic (exact) mass is 252 g/mol. The predicted molar refractivity (Wildman–Crippen MR) is 73.3 cm³/mol. The number of hydrogen-bond acceptors (Lipinski definition) is 3. The Balaban J connectivity index is 2.05. The van der Waals surface area contributed by atoms with Crippen LogP contribution in [0.15, 0.2) is 23.2 Å². The highest BCUT2D eigenvalue weighted by atomic mass is 32.2. The molecule has 1 aromatic rings. The highest BCUT2D eigenvalue weighted by Crippen LogP contribution is 2.28. The van der Waals surface area contributed by atoms with E-state index in [1.165, 1.54) is 12.1 Å². The van der Waals surface area contributed by atoms with Crippen molar-refractivity contribution in [1.29, 1.82) is 0 Å². The minimum atomic E-state index is -0.220. The Morgan fingerprint density at radius 1 is 1.47 bits per heavy atom. The summed E-state index contributed by atoms with van der Waals surface area (Å²) in [6, 6.07) is 4.76. The van der Waals surface area contributed by atoms with Crippen molar-refractivity contribution in [2.75, 3.05) is 11.9 Å². The van der Waals surface area contributed by atoms with E-state index in [1.54, 1.807) is 17.8 Å². The lowest BCUT2D eigenvalue weighted by atomic mass is 10.1. The van der Waals surface area contributed by atoms with Crippen LogP contribution in [0.2, 0.25) is 0 Å². The zero-order valence-electron chi connectivity index (χ0n) is 10.3. The fourth-order valence-corrected chi connectivity index (χ4v) is 2.68.